The number of nitrogen functional groups attached to an aromatic ring is 1. The molecule has 0 unspecified atom stereocenters. The average molecular weight is 335 g/mol. The van der Waals surface area contributed by atoms with Gasteiger partial charge < -0.3 is 10.8 Å². The molecule has 7 nitrogen and oxygen atoms in total. The van der Waals surface area contributed by atoms with Gasteiger partial charge in [-0.1, -0.05) is 6.07 Å². The van der Waals surface area contributed by atoms with Gasteiger partial charge in [0.25, 0.3) is 0 Å². The number of nitrogens with zero attached hydrogens (tertiary/aromatic N) is 2. The largest absolute Gasteiger partial charge is 0.476 e. The van der Waals surface area contributed by atoms with Crippen molar-refractivity contribution >= 4 is 21.7 Å². The highest BCUT2D eigenvalue weighted by atomic mass is 32.2. The highest BCUT2D eigenvalue weighted by molar-refractivity contribution is 7.89. The Kier molecular flexibility index (Phi) is 4.39. The van der Waals surface area contributed by atoms with E-state index in [0.717, 1.165) is 9.87 Å². The fraction of sp³-hybridized carbons (Fsp3) is 0.200. The maximum Gasteiger partial charge on any atom is 0.356 e. The second kappa shape index (κ2) is 5.98. The summed E-state index contributed by atoms with van der Waals surface area (Å²) in [5, 5.41) is 9.12. The lowest BCUT2D eigenvalue weighted by molar-refractivity contribution is 0.0692. The molecule has 0 aliphatic carbocycles. The number of aromatic carboxylic acids is 1. The number of aromatic nitrogens is 1. The fourth-order valence-corrected chi connectivity index (χ4v) is 2.97. The first-order valence-electron chi connectivity index (χ1n) is 6.68. The van der Waals surface area contributed by atoms with Gasteiger partial charge in [-0.05, 0) is 36.8 Å². The first kappa shape index (κ1) is 16.9. The number of anilines is 1. The molecule has 0 amide bonds. The molecule has 0 saturated heterocycles. The van der Waals surface area contributed by atoms with Gasteiger partial charge in [-0.3, -0.25) is 0 Å². The van der Waals surface area contributed by atoms with Crippen molar-refractivity contribution < 1.29 is 18.3 Å². The number of pyridine rings is 1. The van der Waals surface area contributed by atoms with E-state index in [4.69, 9.17) is 10.8 Å². The zero-order chi connectivity index (χ0) is 17.4. The van der Waals surface area contributed by atoms with Crippen molar-refractivity contribution in [1.29, 1.82) is 0 Å². The van der Waals surface area contributed by atoms with Crippen molar-refractivity contribution in [3.63, 3.8) is 0 Å². The van der Waals surface area contributed by atoms with E-state index < -0.39 is 16.0 Å². The van der Waals surface area contributed by atoms with Crippen LogP contribution in [0, 0.1) is 6.92 Å². The van der Waals surface area contributed by atoms with Crippen molar-refractivity contribution in [3.8, 4) is 11.3 Å². The lowest BCUT2D eigenvalue weighted by Gasteiger charge is -2.14. The Labute approximate surface area is 134 Å². The molecule has 2 rings (SSSR count). The SMILES string of the molecule is Cc1ccc(S(=O)(=O)N(C)C)cc1-c1ccc(N)c(C(=O)O)n1. The van der Waals surface area contributed by atoms with Gasteiger partial charge >= 0.3 is 5.97 Å². The van der Waals surface area contributed by atoms with Gasteiger partial charge in [0, 0.05) is 19.7 Å². The highest BCUT2D eigenvalue weighted by Crippen LogP contribution is 2.27. The molecule has 1 aromatic carbocycles. The maximum atomic E-state index is 12.2. The van der Waals surface area contributed by atoms with Crippen molar-refractivity contribution in [3.05, 3.63) is 41.6 Å². The quantitative estimate of drug-likeness (QED) is 0.877. The third kappa shape index (κ3) is 3.17. The van der Waals surface area contributed by atoms with Crippen LogP contribution in [-0.4, -0.2) is 42.9 Å². The zero-order valence-electron chi connectivity index (χ0n) is 12.9. The standard InChI is InChI=1S/C15H17N3O4S/c1-9-4-5-10(23(21,22)18(2)3)8-11(9)13-7-6-12(16)14(17-13)15(19)20/h4-8H,16H2,1-3H3,(H,19,20). The van der Waals surface area contributed by atoms with Gasteiger partial charge in [-0.25, -0.2) is 22.5 Å². The Morgan fingerprint density at radius 1 is 1.22 bits per heavy atom. The van der Waals surface area contributed by atoms with Crippen molar-refractivity contribution in [1.82, 2.24) is 9.29 Å². The summed E-state index contributed by atoms with van der Waals surface area (Å²) in [6.07, 6.45) is 0. The molecule has 1 heterocycles. The summed E-state index contributed by atoms with van der Waals surface area (Å²) in [6, 6.07) is 7.65. The van der Waals surface area contributed by atoms with Gasteiger partial charge in [0.2, 0.25) is 10.0 Å². The highest BCUT2D eigenvalue weighted by Gasteiger charge is 2.19. The van der Waals surface area contributed by atoms with E-state index >= 15 is 0 Å². The Bertz CT molecular complexity index is 876. The van der Waals surface area contributed by atoms with Gasteiger partial charge in [-0.15, -0.1) is 0 Å². The normalized spacial score (nSPS) is 11.7. The van der Waals surface area contributed by atoms with E-state index in [1.54, 1.807) is 19.1 Å². The van der Waals surface area contributed by atoms with E-state index in [9.17, 15) is 13.2 Å². The summed E-state index contributed by atoms with van der Waals surface area (Å²) < 4.78 is 25.6. The van der Waals surface area contributed by atoms with Crippen LogP contribution in [0.25, 0.3) is 11.3 Å². The van der Waals surface area contributed by atoms with Gasteiger partial charge in [-0.2, -0.15) is 0 Å². The fourth-order valence-electron chi connectivity index (χ4n) is 2.04. The third-order valence-corrected chi connectivity index (χ3v) is 5.20. The van der Waals surface area contributed by atoms with Gasteiger partial charge in [0.1, 0.15) is 0 Å². The van der Waals surface area contributed by atoms with E-state index in [1.165, 1.54) is 32.3 Å². The zero-order valence-corrected chi connectivity index (χ0v) is 13.8. The number of benzene rings is 1. The average Bonchev–Trinajstić information content (AvgIpc) is 2.47. The number of carbonyl (C=O) groups is 1. The van der Waals surface area contributed by atoms with E-state index in [2.05, 4.69) is 4.98 Å². The molecule has 122 valence electrons. The predicted octanol–water partition coefficient (Wildman–Crippen LogP) is 1.59. The number of carboxylic acid groups (broad SMARTS) is 1. The molecule has 0 aliphatic heterocycles. The predicted molar refractivity (Wildman–Crippen MR) is 86.7 cm³/mol. The second-order valence-corrected chi connectivity index (χ2v) is 7.36. The van der Waals surface area contributed by atoms with Crippen LogP contribution in [0.15, 0.2) is 35.2 Å². The molecule has 0 radical (unpaired) electrons. The van der Waals surface area contributed by atoms with E-state index in [0.29, 0.717) is 11.3 Å². The minimum absolute atomic E-state index is 0.0518. The molecule has 8 heteroatoms. The number of hydrogen-bond donors (Lipinski definition) is 2. The molecule has 2 aromatic rings. The molecule has 23 heavy (non-hydrogen) atoms. The Hall–Kier alpha value is -2.45. The molecule has 0 fully saturated rings. The van der Waals surface area contributed by atoms with Gasteiger partial charge in [0.05, 0.1) is 16.3 Å². The molecule has 3 N–H and O–H groups in total. The Morgan fingerprint density at radius 3 is 2.43 bits per heavy atom. The van der Waals surface area contributed by atoms with Crippen LogP contribution in [-0.2, 0) is 10.0 Å². The Morgan fingerprint density at radius 2 is 1.87 bits per heavy atom. The van der Waals surface area contributed by atoms with Crippen molar-refractivity contribution in [2.75, 3.05) is 19.8 Å². The molecular formula is C15H17N3O4S. The minimum Gasteiger partial charge on any atom is -0.476 e. The smallest absolute Gasteiger partial charge is 0.356 e. The van der Waals surface area contributed by atoms with Crippen molar-refractivity contribution in [2.24, 2.45) is 0 Å². The molecule has 1 aromatic heterocycles. The number of carboxylic acids is 1. The summed E-state index contributed by atoms with van der Waals surface area (Å²) in [7, 11) is -0.708. The summed E-state index contributed by atoms with van der Waals surface area (Å²) in [5.41, 5.74) is 7.05. The van der Waals surface area contributed by atoms with E-state index in [-0.39, 0.29) is 16.3 Å². The van der Waals surface area contributed by atoms with Crippen LogP contribution < -0.4 is 5.73 Å². The molecule has 0 atom stereocenters. The minimum atomic E-state index is -3.59. The first-order chi connectivity index (χ1) is 10.6. The van der Waals surface area contributed by atoms with Crippen LogP contribution in [0.1, 0.15) is 16.1 Å². The lowest BCUT2D eigenvalue weighted by atomic mass is 10.0. The maximum absolute atomic E-state index is 12.2. The summed E-state index contributed by atoms with van der Waals surface area (Å²) in [6.45, 7) is 1.79. The number of hydrogen-bond acceptors (Lipinski definition) is 5. The topological polar surface area (TPSA) is 114 Å². The second-order valence-electron chi connectivity index (χ2n) is 5.20. The monoisotopic (exact) mass is 335 g/mol. The molecular weight excluding hydrogens is 318 g/mol. The molecule has 0 spiro atoms. The van der Waals surface area contributed by atoms with Crippen molar-refractivity contribution in [2.45, 2.75) is 11.8 Å². The summed E-state index contributed by atoms with van der Waals surface area (Å²) >= 11 is 0. The molecule has 0 saturated carbocycles. The van der Waals surface area contributed by atoms with E-state index in [1.807, 2.05) is 0 Å². The first-order valence-corrected chi connectivity index (χ1v) is 8.12. The summed E-state index contributed by atoms with van der Waals surface area (Å²) in [4.78, 5) is 15.3. The van der Waals surface area contributed by atoms with Crippen LogP contribution >= 0.6 is 0 Å². The number of aryl methyl sites for hydroxylation is 1. The number of sulfonamides is 1. The Balaban J connectivity index is 2.65. The third-order valence-electron chi connectivity index (χ3n) is 3.39. The van der Waals surface area contributed by atoms with Crippen LogP contribution in [0.4, 0.5) is 5.69 Å². The molecule has 0 aliphatic rings. The lowest BCUT2D eigenvalue weighted by Crippen LogP contribution is -2.22. The summed E-state index contributed by atoms with van der Waals surface area (Å²) in [5.74, 6) is -1.24. The number of rotatable bonds is 4. The van der Waals surface area contributed by atoms with Crippen LogP contribution in [0.2, 0.25) is 0 Å². The van der Waals surface area contributed by atoms with Crippen LogP contribution in [0.5, 0.6) is 0 Å². The number of nitrogens with two attached hydrogens (primary N) is 1. The molecule has 0 bridgehead atoms. The van der Waals surface area contributed by atoms with Gasteiger partial charge in [0.15, 0.2) is 5.69 Å². The van der Waals surface area contributed by atoms with Crippen LogP contribution in [0.3, 0.4) is 0 Å².